The molecule has 0 spiro atoms. The number of aromatic nitrogens is 1. The normalized spacial score (nSPS) is 13.3. The quantitative estimate of drug-likeness (QED) is 0.436. The molecule has 11 heteroatoms. The van der Waals surface area contributed by atoms with Gasteiger partial charge in [-0.2, -0.15) is 13.2 Å². The number of ether oxygens (including phenoxy) is 1. The smallest absolute Gasteiger partial charge is 0.422 e. The van der Waals surface area contributed by atoms with E-state index >= 15 is 0 Å². The van der Waals surface area contributed by atoms with Gasteiger partial charge in [0.15, 0.2) is 12.6 Å². The topological polar surface area (TPSA) is 78.8 Å². The van der Waals surface area contributed by atoms with E-state index in [1.54, 1.807) is 24.3 Å². The van der Waals surface area contributed by atoms with Crippen LogP contribution in [0.25, 0.3) is 0 Å². The number of aliphatic hydroxyl groups is 1. The highest BCUT2D eigenvalue weighted by Gasteiger charge is 2.29. The van der Waals surface area contributed by atoms with Gasteiger partial charge in [-0.3, -0.25) is 0 Å². The molecule has 154 valence electrons. The molecule has 0 aromatic carbocycles. The number of hydrogen-bond acceptors (Lipinski definition) is 5. The van der Waals surface area contributed by atoms with Crippen LogP contribution in [0.15, 0.2) is 35.5 Å². The average molecular weight is 437 g/mol. The molecule has 0 amide bonds. The monoisotopic (exact) mass is 436 g/mol. The lowest BCUT2D eigenvalue weighted by Gasteiger charge is -2.15. The highest BCUT2D eigenvalue weighted by atomic mass is 35.5. The fraction of sp³-hybridized carbons (Fsp3) is 0.412. The van der Waals surface area contributed by atoms with Gasteiger partial charge in [-0.05, 0) is 25.1 Å². The number of halogens is 4. The fourth-order valence-corrected chi connectivity index (χ4v) is 3.18. The minimum Gasteiger partial charge on any atom is -0.468 e. The Hall–Kier alpha value is -2.04. The molecule has 0 aliphatic rings. The van der Waals surface area contributed by atoms with E-state index in [1.807, 2.05) is 6.92 Å². The van der Waals surface area contributed by atoms with Gasteiger partial charge in [0.25, 0.3) is 0 Å². The van der Waals surface area contributed by atoms with Crippen molar-refractivity contribution in [2.45, 2.75) is 25.7 Å². The average Bonchev–Trinajstić information content (AvgIpc) is 3.08. The van der Waals surface area contributed by atoms with Gasteiger partial charge in [-0.25, -0.2) is 9.98 Å². The Labute approximate surface area is 169 Å². The van der Waals surface area contributed by atoms with E-state index in [0.717, 1.165) is 0 Å². The Morgan fingerprint density at radius 1 is 1.36 bits per heavy atom. The molecule has 2 heterocycles. The minimum atomic E-state index is -4.45. The van der Waals surface area contributed by atoms with Crippen molar-refractivity contribution in [1.82, 2.24) is 15.6 Å². The highest BCUT2D eigenvalue weighted by Crippen LogP contribution is 2.26. The van der Waals surface area contributed by atoms with Crippen LogP contribution in [0.3, 0.4) is 0 Å². The molecular weight excluding hydrogens is 417 g/mol. The summed E-state index contributed by atoms with van der Waals surface area (Å²) in [5, 5.41) is 16.2. The lowest BCUT2D eigenvalue weighted by Crippen LogP contribution is -2.39. The zero-order chi connectivity index (χ0) is 20.6. The molecule has 0 saturated carbocycles. The van der Waals surface area contributed by atoms with Crippen molar-refractivity contribution in [2.75, 3.05) is 19.7 Å². The second-order valence-corrected chi connectivity index (χ2v) is 7.35. The Morgan fingerprint density at radius 3 is 2.79 bits per heavy atom. The van der Waals surface area contributed by atoms with Crippen LogP contribution in [-0.2, 0) is 6.54 Å². The second-order valence-electron chi connectivity index (χ2n) is 5.61. The SMILES string of the molecule is CCNC(=NCc1cccnc1OCC(F)(F)F)NCC(O)c1ccc(Cl)s1. The Bertz CT molecular complexity index is 786. The number of aliphatic hydroxyl groups excluding tert-OH is 1. The first-order valence-electron chi connectivity index (χ1n) is 8.37. The van der Waals surface area contributed by atoms with Crippen molar-refractivity contribution >= 4 is 28.9 Å². The van der Waals surface area contributed by atoms with Gasteiger partial charge in [0.1, 0.15) is 6.10 Å². The van der Waals surface area contributed by atoms with Crippen LogP contribution in [0, 0.1) is 0 Å². The predicted octanol–water partition coefficient (Wildman–Crippen LogP) is 3.53. The number of nitrogens with one attached hydrogen (secondary N) is 2. The van der Waals surface area contributed by atoms with Gasteiger partial charge < -0.3 is 20.5 Å². The highest BCUT2D eigenvalue weighted by molar-refractivity contribution is 7.16. The van der Waals surface area contributed by atoms with E-state index in [4.69, 9.17) is 16.3 Å². The molecule has 2 aromatic heterocycles. The first-order chi connectivity index (χ1) is 13.3. The van der Waals surface area contributed by atoms with Crippen molar-refractivity contribution in [1.29, 1.82) is 0 Å². The molecule has 0 aliphatic carbocycles. The largest absolute Gasteiger partial charge is 0.468 e. The van der Waals surface area contributed by atoms with Crippen molar-refractivity contribution in [3.05, 3.63) is 45.2 Å². The number of thiophene rings is 1. The Balaban J connectivity index is 2.00. The fourth-order valence-electron chi connectivity index (χ4n) is 2.13. The summed E-state index contributed by atoms with van der Waals surface area (Å²) in [6, 6.07) is 6.63. The van der Waals surface area contributed by atoms with Gasteiger partial charge in [0.05, 0.1) is 10.9 Å². The van der Waals surface area contributed by atoms with E-state index in [-0.39, 0.29) is 19.0 Å². The maximum absolute atomic E-state index is 12.4. The Morgan fingerprint density at radius 2 is 2.14 bits per heavy atom. The van der Waals surface area contributed by atoms with Crippen LogP contribution >= 0.6 is 22.9 Å². The van der Waals surface area contributed by atoms with Crippen LogP contribution in [0.1, 0.15) is 23.5 Å². The number of hydrogen-bond donors (Lipinski definition) is 3. The molecule has 2 aromatic rings. The molecule has 1 unspecified atom stereocenters. The van der Waals surface area contributed by atoms with Crippen molar-refractivity contribution in [3.63, 3.8) is 0 Å². The summed E-state index contributed by atoms with van der Waals surface area (Å²) >= 11 is 7.14. The molecule has 3 N–H and O–H groups in total. The third-order valence-electron chi connectivity index (χ3n) is 3.36. The molecule has 2 rings (SSSR count). The van der Waals surface area contributed by atoms with Gasteiger partial charge in [-0.15, -0.1) is 11.3 Å². The molecule has 6 nitrogen and oxygen atoms in total. The summed E-state index contributed by atoms with van der Waals surface area (Å²) < 4.78 is 42.5. The van der Waals surface area contributed by atoms with Crippen LogP contribution in [-0.4, -0.2) is 41.9 Å². The van der Waals surface area contributed by atoms with E-state index < -0.39 is 18.9 Å². The number of pyridine rings is 1. The summed E-state index contributed by atoms with van der Waals surface area (Å²) in [6.07, 6.45) is -3.87. The van der Waals surface area contributed by atoms with Gasteiger partial charge in [0.2, 0.25) is 5.88 Å². The number of nitrogens with zero attached hydrogens (tertiary/aromatic N) is 2. The zero-order valence-corrected chi connectivity index (χ0v) is 16.5. The lowest BCUT2D eigenvalue weighted by atomic mass is 10.3. The molecule has 0 aliphatic heterocycles. The standard InChI is InChI=1S/C17H20ClF3N4O2S/c1-2-22-16(25-9-12(26)13-5-6-14(18)28-13)24-8-11-4-3-7-23-15(11)27-10-17(19,20)21/h3-7,12,26H,2,8-10H2,1H3,(H2,22,24,25). The first-order valence-corrected chi connectivity index (χ1v) is 9.57. The van der Waals surface area contributed by atoms with E-state index in [0.29, 0.717) is 27.3 Å². The van der Waals surface area contributed by atoms with Crippen molar-refractivity contribution < 1.29 is 23.0 Å². The summed E-state index contributed by atoms with van der Waals surface area (Å²) in [6.45, 7) is 1.25. The van der Waals surface area contributed by atoms with Gasteiger partial charge >= 0.3 is 6.18 Å². The molecular formula is C17H20ClF3N4O2S. The summed E-state index contributed by atoms with van der Waals surface area (Å²) in [5.74, 6) is 0.280. The third kappa shape index (κ3) is 7.53. The molecule has 0 fully saturated rings. The van der Waals surface area contributed by atoms with E-state index in [9.17, 15) is 18.3 Å². The molecule has 0 saturated heterocycles. The molecule has 1 atom stereocenters. The van der Waals surface area contributed by atoms with E-state index in [1.165, 1.54) is 17.5 Å². The first kappa shape index (κ1) is 22.3. The molecule has 28 heavy (non-hydrogen) atoms. The van der Waals surface area contributed by atoms with Crippen LogP contribution in [0.2, 0.25) is 4.34 Å². The summed E-state index contributed by atoms with van der Waals surface area (Å²) in [7, 11) is 0. The van der Waals surface area contributed by atoms with Crippen molar-refractivity contribution in [2.24, 2.45) is 4.99 Å². The summed E-state index contributed by atoms with van der Waals surface area (Å²) in [4.78, 5) is 8.87. The third-order valence-corrected chi connectivity index (χ3v) is 4.69. The van der Waals surface area contributed by atoms with Crippen LogP contribution in [0.4, 0.5) is 13.2 Å². The molecule has 0 radical (unpaired) electrons. The van der Waals surface area contributed by atoms with Gasteiger partial charge in [-0.1, -0.05) is 17.7 Å². The number of aliphatic imine (C=N–C) groups is 1. The van der Waals surface area contributed by atoms with Gasteiger partial charge in [0, 0.05) is 29.7 Å². The zero-order valence-electron chi connectivity index (χ0n) is 15.0. The second kappa shape index (κ2) is 10.5. The minimum absolute atomic E-state index is 0.0529. The Kier molecular flexibility index (Phi) is 8.34. The van der Waals surface area contributed by atoms with Crippen LogP contribution < -0.4 is 15.4 Å². The van der Waals surface area contributed by atoms with Crippen LogP contribution in [0.5, 0.6) is 5.88 Å². The number of rotatable bonds is 8. The maximum atomic E-state index is 12.4. The maximum Gasteiger partial charge on any atom is 0.422 e. The van der Waals surface area contributed by atoms with Crippen molar-refractivity contribution in [3.8, 4) is 5.88 Å². The predicted molar refractivity (Wildman–Crippen MR) is 103 cm³/mol. The van der Waals surface area contributed by atoms with E-state index in [2.05, 4.69) is 20.6 Å². The molecule has 0 bridgehead atoms. The number of guanidine groups is 1. The lowest BCUT2D eigenvalue weighted by molar-refractivity contribution is -0.154. The summed E-state index contributed by atoms with van der Waals surface area (Å²) in [5.41, 5.74) is 0.412. The number of alkyl halides is 3.